The fourth-order valence-electron chi connectivity index (χ4n) is 3.36. The number of anilines is 2. The molecular formula is C23H20N2O3. The summed E-state index contributed by atoms with van der Waals surface area (Å²) in [5, 5.41) is 2.99. The van der Waals surface area contributed by atoms with E-state index in [1.165, 1.54) is 6.92 Å². The zero-order chi connectivity index (χ0) is 19.7. The summed E-state index contributed by atoms with van der Waals surface area (Å²) in [7, 11) is 1.71. The van der Waals surface area contributed by atoms with Gasteiger partial charge in [0.15, 0.2) is 0 Å². The molecule has 3 aromatic rings. The summed E-state index contributed by atoms with van der Waals surface area (Å²) in [6.07, 6.45) is 0. The Kier molecular flexibility index (Phi) is 4.57. The van der Waals surface area contributed by atoms with Gasteiger partial charge in [-0.15, -0.1) is 0 Å². The molecule has 0 unspecified atom stereocenters. The first-order chi connectivity index (χ1) is 13.5. The molecule has 0 saturated heterocycles. The third-order valence-electron chi connectivity index (χ3n) is 4.94. The van der Waals surface area contributed by atoms with Crippen molar-refractivity contribution in [2.45, 2.75) is 12.8 Å². The number of fused-ring (bicyclic) bond motifs is 2. The third kappa shape index (κ3) is 3.22. The maximum absolute atomic E-state index is 13.2. The second-order valence-electron chi connectivity index (χ2n) is 6.72. The van der Waals surface area contributed by atoms with Crippen LogP contribution in [0.15, 0.2) is 72.8 Å². The fraction of sp³-hybridized carbons (Fsp3) is 0.130. The van der Waals surface area contributed by atoms with Crippen molar-refractivity contribution in [2.75, 3.05) is 17.3 Å². The number of hydrogen-bond acceptors (Lipinski definition) is 3. The van der Waals surface area contributed by atoms with Gasteiger partial charge in [0.05, 0.1) is 5.92 Å². The van der Waals surface area contributed by atoms with Crippen LogP contribution in [0.25, 0.3) is 0 Å². The summed E-state index contributed by atoms with van der Waals surface area (Å²) in [5.41, 5.74) is 3.12. The van der Waals surface area contributed by atoms with Crippen LogP contribution in [-0.4, -0.2) is 18.9 Å². The summed E-state index contributed by atoms with van der Waals surface area (Å²) in [4.78, 5) is 26.2. The van der Waals surface area contributed by atoms with E-state index < -0.39 is 5.92 Å². The van der Waals surface area contributed by atoms with Gasteiger partial charge in [-0.2, -0.15) is 0 Å². The van der Waals surface area contributed by atoms with Crippen LogP contribution in [0.1, 0.15) is 24.0 Å². The maximum Gasteiger partial charge on any atom is 0.236 e. The molecule has 0 spiro atoms. The molecule has 5 nitrogen and oxygen atoms in total. The predicted molar refractivity (Wildman–Crippen MR) is 109 cm³/mol. The van der Waals surface area contributed by atoms with Gasteiger partial charge >= 0.3 is 0 Å². The number of rotatable bonds is 3. The molecule has 4 rings (SSSR count). The number of nitrogens with zero attached hydrogens (tertiary/aromatic N) is 1. The molecule has 1 aliphatic rings. The molecule has 0 aromatic heterocycles. The van der Waals surface area contributed by atoms with E-state index in [0.29, 0.717) is 17.2 Å². The van der Waals surface area contributed by atoms with Crippen molar-refractivity contribution in [3.63, 3.8) is 0 Å². The third-order valence-corrected chi connectivity index (χ3v) is 4.94. The molecule has 2 amide bonds. The fourth-order valence-corrected chi connectivity index (χ4v) is 3.36. The Morgan fingerprint density at radius 2 is 1.39 bits per heavy atom. The molecule has 0 radical (unpaired) electrons. The van der Waals surface area contributed by atoms with E-state index in [1.54, 1.807) is 24.1 Å². The maximum atomic E-state index is 13.2. The molecule has 140 valence electrons. The van der Waals surface area contributed by atoms with Crippen LogP contribution >= 0.6 is 0 Å². The van der Waals surface area contributed by atoms with Crippen LogP contribution < -0.4 is 15.0 Å². The monoisotopic (exact) mass is 372 g/mol. The highest BCUT2D eigenvalue weighted by Gasteiger charge is 2.32. The van der Waals surface area contributed by atoms with Crippen LogP contribution in [0.2, 0.25) is 0 Å². The van der Waals surface area contributed by atoms with Gasteiger partial charge in [-0.25, -0.2) is 0 Å². The minimum absolute atomic E-state index is 0.0489. The van der Waals surface area contributed by atoms with Crippen molar-refractivity contribution in [1.29, 1.82) is 0 Å². The average molecular weight is 372 g/mol. The second-order valence-corrected chi connectivity index (χ2v) is 6.72. The molecule has 1 heterocycles. The number of para-hydroxylation sites is 2. The smallest absolute Gasteiger partial charge is 0.236 e. The van der Waals surface area contributed by atoms with E-state index in [0.717, 1.165) is 16.8 Å². The number of amides is 2. The van der Waals surface area contributed by atoms with E-state index in [2.05, 4.69) is 5.32 Å². The van der Waals surface area contributed by atoms with Gasteiger partial charge in [0.25, 0.3) is 0 Å². The standard InChI is InChI=1S/C23H20N2O3/c1-15(26)25(2)17-13-11-16(12-14-17)24-23(27)22-18-7-3-5-9-20(18)28-21-10-6-4-8-19(21)22/h3-14,22H,1-2H3,(H,24,27). The number of carbonyl (C=O) groups is 2. The van der Waals surface area contributed by atoms with Crippen molar-refractivity contribution < 1.29 is 14.3 Å². The summed E-state index contributed by atoms with van der Waals surface area (Å²) in [6, 6.07) is 22.4. The van der Waals surface area contributed by atoms with Gasteiger partial charge in [-0.3, -0.25) is 9.59 Å². The number of hydrogen-bond donors (Lipinski definition) is 1. The molecule has 0 aliphatic carbocycles. The topological polar surface area (TPSA) is 58.6 Å². The zero-order valence-corrected chi connectivity index (χ0v) is 15.7. The highest BCUT2D eigenvalue weighted by molar-refractivity contribution is 6.00. The minimum atomic E-state index is -0.458. The van der Waals surface area contributed by atoms with Gasteiger partial charge < -0.3 is 15.0 Å². The van der Waals surface area contributed by atoms with Gasteiger partial charge in [-0.05, 0) is 36.4 Å². The Labute approximate surface area is 163 Å². The molecule has 28 heavy (non-hydrogen) atoms. The van der Waals surface area contributed by atoms with Crippen molar-refractivity contribution in [3.05, 3.63) is 83.9 Å². The van der Waals surface area contributed by atoms with Crippen molar-refractivity contribution in [1.82, 2.24) is 0 Å². The molecule has 3 aromatic carbocycles. The number of ether oxygens (including phenoxy) is 1. The van der Waals surface area contributed by atoms with E-state index in [9.17, 15) is 9.59 Å². The lowest BCUT2D eigenvalue weighted by atomic mass is 9.87. The first-order valence-electron chi connectivity index (χ1n) is 9.05. The average Bonchev–Trinajstić information content (AvgIpc) is 2.71. The highest BCUT2D eigenvalue weighted by Crippen LogP contribution is 2.44. The Morgan fingerprint density at radius 3 is 1.93 bits per heavy atom. The van der Waals surface area contributed by atoms with Gasteiger partial charge in [0.1, 0.15) is 11.5 Å². The summed E-state index contributed by atoms with van der Waals surface area (Å²) in [6.45, 7) is 1.51. The van der Waals surface area contributed by atoms with Gasteiger partial charge in [0.2, 0.25) is 11.8 Å². The first-order valence-corrected chi connectivity index (χ1v) is 9.05. The Balaban J connectivity index is 1.63. The predicted octanol–water partition coefficient (Wildman–Crippen LogP) is 4.55. The molecule has 0 bridgehead atoms. The highest BCUT2D eigenvalue weighted by atomic mass is 16.5. The van der Waals surface area contributed by atoms with Crippen LogP contribution in [0.4, 0.5) is 11.4 Å². The van der Waals surface area contributed by atoms with Crippen LogP contribution in [0.5, 0.6) is 11.5 Å². The Bertz CT molecular complexity index is 998. The first kappa shape index (κ1) is 17.8. The largest absolute Gasteiger partial charge is 0.457 e. The van der Waals surface area contributed by atoms with E-state index in [4.69, 9.17) is 4.74 Å². The van der Waals surface area contributed by atoms with Gasteiger partial charge in [0, 0.05) is 36.5 Å². The van der Waals surface area contributed by atoms with Crippen molar-refractivity contribution >= 4 is 23.2 Å². The summed E-state index contributed by atoms with van der Waals surface area (Å²) in [5.74, 6) is 0.753. The summed E-state index contributed by atoms with van der Waals surface area (Å²) >= 11 is 0. The number of nitrogens with one attached hydrogen (secondary N) is 1. The van der Waals surface area contributed by atoms with Crippen LogP contribution in [-0.2, 0) is 9.59 Å². The Morgan fingerprint density at radius 1 is 0.857 bits per heavy atom. The zero-order valence-electron chi connectivity index (χ0n) is 15.7. The van der Waals surface area contributed by atoms with Crippen LogP contribution in [0.3, 0.4) is 0 Å². The van der Waals surface area contributed by atoms with E-state index >= 15 is 0 Å². The minimum Gasteiger partial charge on any atom is -0.457 e. The van der Waals surface area contributed by atoms with Gasteiger partial charge in [-0.1, -0.05) is 36.4 Å². The molecule has 0 saturated carbocycles. The molecule has 1 N–H and O–H groups in total. The Hall–Kier alpha value is -3.60. The van der Waals surface area contributed by atoms with Crippen molar-refractivity contribution in [3.8, 4) is 11.5 Å². The lowest BCUT2D eigenvalue weighted by molar-refractivity contribution is -0.117. The lowest BCUT2D eigenvalue weighted by Crippen LogP contribution is -2.25. The SMILES string of the molecule is CC(=O)N(C)c1ccc(NC(=O)C2c3ccccc3Oc3ccccc32)cc1. The molecule has 0 atom stereocenters. The lowest BCUT2D eigenvalue weighted by Gasteiger charge is -2.27. The normalized spacial score (nSPS) is 12.4. The molecule has 5 heteroatoms. The molecule has 0 fully saturated rings. The second kappa shape index (κ2) is 7.19. The molecular weight excluding hydrogens is 352 g/mol. The number of benzene rings is 3. The molecule has 1 aliphatic heterocycles. The van der Waals surface area contributed by atoms with Crippen LogP contribution in [0, 0.1) is 0 Å². The quantitative estimate of drug-likeness (QED) is 0.734. The van der Waals surface area contributed by atoms with E-state index in [-0.39, 0.29) is 11.8 Å². The van der Waals surface area contributed by atoms with Crippen molar-refractivity contribution in [2.24, 2.45) is 0 Å². The summed E-state index contributed by atoms with van der Waals surface area (Å²) < 4.78 is 5.96. The number of carbonyl (C=O) groups excluding carboxylic acids is 2. The van der Waals surface area contributed by atoms with E-state index in [1.807, 2.05) is 60.7 Å².